The zero-order valence-corrected chi connectivity index (χ0v) is 24.3. The number of anilines is 1. The molecule has 0 radical (unpaired) electrons. The summed E-state index contributed by atoms with van der Waals surface area (Å²) in [5, 5.41) is 0. The number of benzene rings is 4. The highest BCUT2D eigenvalue weighted by molar-refractivity contribution is 6.01. The number of piperazine rings is 1. The molecule has 220 valence electrons. The van der Waals surface area contributed by atoms with Crippen molar-refractivity contribution in [3.63, 3.8) is 0 Å². The SMILES string of the molecule is COc1ccc([C@H]2[C@H](C(=O)N3CCN(c4ccccc4OC)CC3)c3ccccc3C(=O)N2Cc2ccc(F)cc2)cc1. The Morgan fingerprint density at radius 1 is 0.814 bits per heavy atom. The van der Waals surface area contributed by atoms with E-state index in [9.17, 15) is 14.0 Å². The molecule has 2 aliphatic heterocycles. The van der Waals surface area contributed by atoms with Crippen molar-refractivity contribution in [1.82, 2.24) is 9.80 Å². The summed E-state index contributed by atoms with van der Waals surface area (Å²) in [5.41, 5.74) is 3.86. The maximum Gasteiger partial charge on any atom is 0.255 e. The van der Waals surface area contributed by atoms with Crippen LogP contribution in [0.5, 0.6) is 11.5 Å². The van der Waals surface area contributed by atoms with Crippen molar-refractivity contribution >= 4 is 17.5 Å². The van der Waals surface area contributed by atoms with Crippen LogP contribution in [0.15, 0.2) is 97.1 Å². The molecule has 1 fully saturated rings. The molecule has 2 aliphatic rings. The average Bonchev–Trinajstić information content (AvgIpc) is 3.06. The van der Waals surface area contributed by atoms with Crippen LogP contribution >= 0.6 is 0 Å². The molecular weight excluding hydrogens is 545 g/mol. The molecule has 6 rings (SSSR count). The molecule has 0 saturated carbocycles. The predicted octanol–water partition coefficient (Wildman–Crippen LogP) is 5.67. The fraction of sp³-hybridized carbons (Fsp3) is 0.257. The van der Waals surface area contributed by atoms with Gasteiger partial charge in [0.15, 0.2) is 0 Å². The second-order valence-electron chi connectivity index (χ2n) is 10.8. The zero-order chi connectivity index (χ0) is 29.9. The second-order valence-corrected chi connectivity index (χ2v) is 10.8. The van der Waals surface area contributed by atoms with Gasteiger partial charge in [0.05, 0.1) is 31.9 Å². The van der Waals surface area contributed by atoms with E-state index >= 15 is 0 Å². The number of carbonyl (C=O) groups excluding carboxylic acids is 2. The number of para-hydroxylation sites is 2. The van der Waals surface area contributed by atoms with Crippen LogP contribution in [0.25, 0.3) is 0 Å². The quantitative estimate of drug-likeness (QED) is 0.282. The highest BCUT2D eigenvalue weighted by Crippen LogP contribution is 2.45. The lowest BCUT2D eigenvalue weighted by Gasteiger charge is -2.45. The summed E-state index contributed by atoms with van der Waals surface area (Å²) in [5.74, 6) is 0.340. The van der Waals surface area contributed by atoms with E-state index in [-0.39, 0.29) is 24.2 Å². The fourth-order valence-corrected chi connectivity index (χ4v) is 6.25. The van der Waals surface area contributed by atoms with Crippen LogP contribution in [-0.2, 0) is 11.3 Å². The molecule has 1 saturated heterocycles. The fourth-order valence-electron chi connectivity index (χ4n) is 6.25. The van der Waals surface area contributed by atoms with Crippen LogP contribution in [0, 0.1) is 5.82 Å². The Labute approximate surface area is 251 Å². The van der Waals surface area contributed by atoms with Crippen molar-refractivity contribution in [1.29, 1.82) is 0 Å². The lowest BCUT2D eigenvalue weighted by molar-refractivity contribution is -0.135. The van der Waals surface area contributed by atoms with Crippen molar-refractivity contribution in [2.45, 2.75) is 18.5 Å². The van der Waals surface area contributed by atoms with Crippen molar-refractivity contribution in [2.24, 2.45) is 0 Å². The van der Waals surface area contributed by atoms with E-state index < -0.39 is 12.0 Å². The van der Waals surface area contributed by atoms with E-state index in [1.807, 2.05) is 71.6 Å². The van der Waals surface area contributed by atoms with Gasteiger partial charge < -0.3 is 24.2 Å². The molecule has 43 heavy (non-hydrogen) atoms. The maximum absolute atomic E-state index is 14.6. The number of ether oxygens (including phenoxy) is 2. The molecule has 0 aromatic heterocycles. The number of halogens is 1. The third-order valence-electron chi connectivity index (χ3n) is 8.45. The van der Waals surface area contributed by atoms with Gasteiger partial charge in [-0.1, -0.05) is 54.6 Å². The minimum Gasteiger partial charge on any atom is -0.497 e. The van der Waals surface area contributed by atoms with Crippen molar-refractivity contribution < 1.29 is 23.5 Å². The van der Waals surface area contributed by atoms with Gasteiger partial charge in [0.1, 0.15) is 17.3 Å². The number of hydrogen-bond acceptors (Lipinski definition) is 5. The first kappa shape index (κ1) is 28.3. The minimum atomic E-state index is -0.624. The molecule has 2 atom stereocenters. The third-order valence-corrected chi connectivity index (χ3v) is 8.45. The number of carbonyl (C=O) groups is 2. The molecule has 4 aromatic carbocycles. The minimum absolute atomic E-state index is 0.0236. The van der Waals surface area contributed by atoms with Crippen LogP contribution < -0.4 is 14.4 Å². The number of amides is 2. The average molecular weight is 580 g/mol. The van der Waals surface area contributed by atoms with E-state index in [4.69, 9.17) is 9.47 Å². The first-order valence-corrected chi connectivity index (χ1v) is 14.4. The lowest BCUT2D eigenvalue weighted by atomic mass is 9.78. The molecule has 7 nitrogen and oxygen atoms in total. The highest BCUT2D eigenvalue weighted by Gasteiger charge is 2.45. The highest BCUT2D eigenvalue weighted by atomic mass is 19.1. The standard InChI is InChI=1S/C35H34FN3O4/c1-42-27-17-13-25(14-18-27)33-32(35(41)38-21-19-37(20-22-38)30-9-5-6-10-31(30)43-2)28-7-3-4-8-29(28)34(40)39(33)23-24-11-15-26(36)16-12-24/h3-18,32-33H,19-23H2,1-2H3/t32-,33+/m1/s1. The van der Waals surface area contributed by atoms with Gasteiger partial charge in [0.25, 0.3) is 5.91 Å². The summed E-state index contributed by atoms with van der Waals surface area (Å²) in [6.07, 6.45) is 0. The van der Waals surface area contributed by atoms with Gasteiger partial charge in [-0.15, -0.1) is 0 Å². The van der Waals surface area contributed by atoms with Crippen molar-refractivity contribution in [3.8, 4) is 11.5 Å². The summed E-state index contributed by atoms with van der Waals surface area (Å²) in [7, 11) is 3.27. The van der Waals surface area contributed by atoms with Crippen LogP contribution in [0.2, 0.25) is 0 Å². The smallest absolute Gasteiger partial charge is 0.255 e. The van der Waals surface area contributed by atoms with Gasteiger partial charge in [0, 0.05) is 38.3 Å². The van der Waals surface area contributed by atoms with Gasteiger partial charge in [-0.2, -0.15) is 0 Å². The Hall–Kier alpha value is -4.85. The number of nitrogens with zero attached hydrogens (tertiary/aromatic N) is 3. The van der Waals surface area contributed by atoms with Crippen molar-refractivity contribution in [2.75, 3.05) is 45.3 Å². The molecule has 2 amide bonds. The maximum atomic E-state index is 14.6. The summed E-state index contributed by atoms with van der Waals surface area (Å²) in [4.78, 5) is 34.6. The first-order valence-electron chi connectivity index (χ1n) is 14.4. The summed E-state index contributed by atoms with van der Waals surface area (Å²) in [6.45, 7) is 2.63. The number of rotatable bonds is 7. The van der Waals surface area contributed by atoms with Gasteiger partial charge in [-0.3, -0.25) is 9.59 Å². The van der Waals surface area contributed by atoms with Crippen LogP contribution in [0.1, 0.15) is 39.0 Å². The van der Waals surface area contributed by atoms with Crippen LogP contribution in [0.3, 0.4) is 0 Å². The Morgan fingerprint density at radius 2 is 1.49 bits per heavy atom. The largest absolute Gasteiger partial charge is 0.497 e. The Balaban J connectivity index is 1.37. The molecule has 2 heterocycles. The number of hydrogen-bond donors (Lipinski definition) is 0. The monoisotopic (exact) mass is 579 g/mol. The molecule has 8 heteroatoms. The van der Waals surface area contributed by atoms with Crippen molar-refractivity contribution in [3.05, 3.63) is 125 Å². The van der Waals surface area contributed by atoms with E-state index in [2.05, 4.69) is 4.90 Å². The zero-order valence-electron chi connectivity index (χ0n) is 24.3. The Kier molecular flexibility index (Phi) is 8.01. The molecule has 0 aliphatic carbocycles. The van der Waals surface area contributed by atoms with Gasteiger partial charge in [-0.05, 0) is 59.2 Å². The molecular formula is C35H34FN3O4. The second kappa shape index (κ2) is 12.2. The van der Waals surface area contributed by atoms with E-state index in [0.717, 1.165) is 28.1 Å². The molecule has 0 bridgehead atoms. The normalized spacial score (nSPS) is 18.3. The van der Waals surface area contributed by atoms with Crippen LogP contribution in [-0.4, -0.2) is 62.0 Å². The number of methoxy groups -OCH3 is 2. The molecule has 0 spiro atoms. The Morgan fingerprint density at radius 3 is 2.19 bits per heavy atom. The topological polar surface area (TPSA) is 62.3 Å². The van der Waals surface area contributed by atoms with Gasteiger partial charge in [-0.25, -0.2) is 4.39 Å². The predicted molar refractivity (Wildman–Crippen MR) is 163 cm³/mol. The van der Waals surface area contributed by atoms with Crippen LogP contribution in [0.4, 0.5) is 10.1 Å². The lowest BCUT2D eigenvalue weighted by Crippen LogP contribution is -2.53. The third kappa shape index (κ3) is 5.52. The van der Waals surface area contributed by atoms with E-state index in [1.54, 1.807) is 37.3 Å². The summed E-state index contributed by atoms with van der Waals surface area (Å²) in [6, 6.07) is 28.4. The van der Waals surface area contributed by atoms with E-state index in [0.29, 0.717) is 37.5 Å². The molecule has 4 aromatic rings. The summed E-state index contributed by atoms with van der Waals surface area (Å²) < 4.78 is 24.7. The molecule has 0 unspecified atom stereocenters. The number of fused-ring (bicyclic) bond motifs is 1. The van der Waals surface area contributed by atoms with Gasteiger partial charge >= 0.3 is 0 Å². The Bertz CT molecular complexity index is 1600. The first-order chi connectivity index (χ1) is 21.0. The van der Waals surface area contributed by atoms with E-state index in [1.165, 1.54) is 12.1 Å². The summed E-state index contributed by atoms with van der Waals surface area (Å²) >= 11 is 0. The van der Waals surface area contributed by atoms with Gasteiger partial charge in [0.2, 0.25) is 5.91 Å². The molecule has 0 N–H and O–H groups in total.